The van der Waals surface area contributed by atoms with E-state index in [2.05, 4.69) is 5.32 Å². The lowest BCUT2D eigenvalue weighted by Crippen LogP contribution is -2.52. The van der Waals surface area contributed by atoms with Crippen molar-refractivity contribution in [3.63, 3.8) is 0 Å². The van der Waals surface area contributed by atoms with Gasteiger partial charge in [-0.2, -0.15) is 0 Å². The van der Waals surface area contributed by atoms with Crippen LogP contribution in [0.5, 0.6) is 0 Å². The Hall–Kier alpha value is -1.82. The summed E-state index contributed by atoms with van der Waals surface area (Å²) < 4.78 is 26.6. The fourth-order valence-corrected chi connectivity index (χ4v) is 3.09. The second kappa shape index (κ2) is 5.18. The molecule has 2 unspecified atom stereocenters. The number of hydrogen-bond donors (Lipinski definition) is 1. The number of hydrogen-bond acceptors (Lipinski definition) is 3. The number of carbonyl (C=O) groups is 2. The third-order valence-corrected chi connectivity index (χ3v) is 4.30. The molecule has 1 aromatic rings. The molecule has 0 bridgehead atoms. The molecule has 1 fully saturated rings. The summed E-state index contributed by atoms with van der Waals surface area (Å²) in [5.41, 5.74) is -0.108. The van der Waals surface area contributed by atoms with Crippen molar-refractivity contribution in [2.45, 2.75) is 38.3 Å². The van der Waals surface area contributed by atoms with Crippen molar-refractivity contribution in [2.75, 3.05) is 6.54 Å². The summed E-state index contributed by atoms with van der Waals surface area (Å²) in [6.07, 6.45) is 2.98. The highest BCUT2D eigenvalue weighted by Gasteiger charge is 2.41. The predicted molar refractivity (Wildman–Crippen MR) is 72.0 cm³/mol. The SMILES string of the molecule is CC(C1CCCCN1)N1C(=O)c2cc(F)c(F)cc2C1=O. The smallest absolute Gasteiger partial charge is 0.261 e. The van der Waals surface area contributed by atoms with Crippen LogP contribution in [0.2, 0.25) is 0 Å². The van der Waals surface area contributed by atoms with Crippen LogP contribution in [0.1, 0.15) is 46.9 Å². The van der Waals surface area contributed by atoms with Gasteiger partial charge < -0.3 is 5.32 Å². The van der Waals surface area contributed by atoms with E-state index in [9.17, 15) is 18.4 Å². The first-order valence-corrected chi connectivity index (χ1v) is 7.11. The van der Waals surface area contributed by atoms with E-state index in [-0.39, 0.29) is 23.2 Å². The maximum atomic E-state index is 13.3. The first-order valence-electron chi connectivity index (χ1n) is 7.11. The number of nitrogens with zero attached hydrogens (tertiary/aromatic N) is 1. The number of benzene rings is 1. The molecular weight excluding hydrogens is 278 g/mol. The van der Waals surface area contributed by atoms with Crippen molar-refractivity contribution in [2.24, 2.45) is 0 Å². The standard InChI is InChI=1S/C15H16F2N2O2/c1-8(13-4-2-3-5-18-13)19-14(20)9-6-11(16)12(17)7-10(9)15(19)21/h6-8,13,18H,2-5H2,1H3. The molecule has 0 saturated carbocycles. The van der Waals surface area contributed by atoms with Gasteiger partial charge >= 0.3 is 0 Å². The second-order valence-electron chi connectivity index (χ2n) is 5.59. The van der Waals surface area contributed by atoms with E-state index < -0.39 is 23.4 Å². The van der Waals surface area contributed by atoms with Crippen LogP contribution in [0.15, 0.2) is 12.1 Å². The fraction of sp³-hybridized carbons (Fsp3) is 0.467. The Morgan fingerprint density at radius 1 is 1.14 bits per heavy atom. The van der Waals surface area contributed by atoms with Crippen molar-refractivity contribution in [3.8, 4) is 0 Å². The van der Waals surface area contributed by atoms with Gasteiger partial charge in [0.2, 0.25) is 0 Å². The molecule has 6 heteroatoms. The molecular formula is C15H16F2N2O2. The quantitative estimate of drug-likeness (QED) is 0.850. The molecule has 2 amide bonds. The zero-order chi connectivity index (χ0) is 15.1. The minimum atomic E-state index is -1.11. The maximum Gasteiger partial charge on any atom is 0.261 e. The van der Waals surface area contributed by atoms with Crippen molar-refractivity contribution < 1.29 is 18.4 Å². The summed E-state index contributed by atoms with van der Waals surface area (Å²) in [6.45, 7) is 2.64. The highest BCUT2D eigenvalue weighted by Crippen LogP contribution is 2.28. The molecule has 0 aromatic heterocycles. The normalized spacial score (nSPS) is 23.4. The lowest BCUT2D eigenvalue weighted by atomic mass is 9.98. The average Bonchev–Trinajstić information content (AvgIpc) is 2.72. The number of amides is 2. The summed E-state index contributed by atoms with van der Waals surface area (Å²) in [5, 5.41) is 3.29. The highest BCUT2D eigenvalue weighted by atomic mass is 19.2. The predicted octanol–water partition coefficient (Wildman–Crippen LogP) is 2.09. The lowest BCUT2D eigenvalue weighted by Gasteiger charge is -2.33. The minimum absolute atomic E-state index is 0.0238. The molecule has 0 radical (unpaired) electrons. The van der Waals surface area contributed by atoms with Crippen molar-refractivity contribution in [3.05, 3.63) is 34.9 Å². The summed E-state index contributed by atoms with van der Waals surface area (Å²) in [4.78, 5) is 25.8. The van der Waals surface area contributed by atoms with E-state index in [1.54, 1.807) is 6.92 Å². The third kappa shape index (κ3) is 2.23. The number of nitrogens with one attached hydrogen (secondary N) is 1. The molecule has 2 atom stereocenters. The number of halogens is 2. The van der Waals surface area contributed by atoms with Crippen molar-refractivity contribution in [1.82, 2.24) is 10.2 Å². The van der Waals surface area contributed by atoms with Crippen LogP contribution < -0.4 is 5.32 Å². The first-order chi connectivity index (χ1) is 10.0. The molecule has 2 aliphatic heterocycles. The number of carbonyl (C=O) groups excluding carboxylic acids is 2. The highest BCUT2D eigenvalue weighted by molar-refractivity contribution is 6.21. The van der Waals surface area contributed by atoms with Gasteiger partial charge in [0.15, 0.2) is 11.6 Å². The van der Waals surface area contributed by atoms with Gasteiger partial charge in [-0.1, -0.05) is 6.42 Å². The summed E-state index contributed by atoms with van der Waals surface area (Å²) in [6, 6.07) is 1.30. The van der Waals surface area contributed by atoms with E-state index in [1.807, 2.05) is 0 Å². The van der Waals surface area contributed by atoms with Gasteiger partial charge in [-0.3, -0.25) is 14.5 Å². The molecule has 1 saturated heterocycles. The van der Waals surface area contributed by atoms with Crippen LogP contribution in [0.25, 0.3) is 0 Å². The summed E-state index contributed by atoms with van der Waals surface area (Å²) in [7, 11) is 0. The Bertz CT molecular complexity index is 571. The monoisotopic (exact) mass is 294 g/mol. The Labute approximate surface area is 121 Å². The van der Waals surface area contributed by atoms with Gasteiger partial charge in [-0.25, -0.2) is 8.78 Å². The molecule has 2 heterocycles. The Morgan fingerprint density at radius 3 is 2.19 bits per heavy atom. The van der Waals surface area contributed by atoms with Crippen molar-refractivity contribution >= 4 is 11.8 Å². The summed E-state index contributed by atoms with van der Waals surface area (Å²) in [5.74, 6) is -3.32. The molecule has 0 aliphatic carbocycles. The van der Waals surface area contributed by atoms with Crippen LogP contribution in [-0.4, -0.2) is 35.3 Å². The van der Waals surface area contributed by atoms with Gasteiger partial charge in [0.05, 0.1) is 17.2 Å². The largest absolute Gasteiger partial charge is 0.312 e. The van der Waals surface area contributed by atoms with Gasteiger partial charge in [-0.15, -0.1) is 0 Å². The zero-order valence-corrected chi connectivity index (χ0v) is 11.7. The van der Waals surface area contributed by atoms with Gasteiger partial charge in [0.1, 0.15) is 0 Å². The van der Waals surface area contributed by atoms with Crippen LogP contribution in [0.3, 0.4) is 0 Å². The van der Waals surface area contributed by atoms with Crippen LogP contribution >= 0.6 is 0 Å². The minimum Gasteiger partial charge on any atom is -0.312 e. The van der Waals surface area contributed by atoms with Crippen LogP contribution in [0.4, 0.5) is 8.78 Å². The molecule has 1 N–H and O–H groups in total. The van der Waals surface area contributed by atoms with Crippen LogP contribution in [0, 0.1) is 11.6 Å². The van der Waals surface area contributed by atoms with Crippen molar-refractivity contribution in [1.29, 1.82) is 0 Å². The van der Waals surface area contributed by atoms with E-state index in [4.69, 9.17) is 0 Å². The first kappa shape index (κ1) is 14.1. The molecule has 3 rings (SSSR count). The number of piperidine rings is 1. The Kier molecular flexibility index (Phi) is 3.49. The van der Waals surface area contributed by atoms with E-state index in [0.29, 0.717) is 0 Å². The Balaban J connectivity index is 1.92. The van der Waals surface area contributed by atoms with E-state index >= 15 is 0 Å². The molecule has 1 aromatic carbocycles. The van der Waals surface area contributed by atoms with Gasteiger partial charge in [0.25, 0.3) is 11.8 Å². The van der Waals surface area contributed by atoms with E-state index in [1.165, 1.54) is 0 Å². The van der Waals surface area contributed by atoms with Gasteiger partial charge in [0, 0.05) is 6.04 Å². The molecule has 0 spiro atoms. The number of imide groups is 1. The molecule has 112 valence electrons. The topological polar surface area (TPSA) is 49.4 Å². The molecule has 4 nitrogen and oxygen atoms in total. The van der Waals surface area contributed by atoms with Crippen LogP contribution in [-0.2, 0) is 0 Å². The average molecular weight is 294 g/mol. The fourth-order valence-electron chi connectivity index (χ4n) is 3.09. The second-order valence-corrected chi connectivity index (χ2v) is 5.59. The third-order valence-electron chi connectivity index (χ3n) is 4.30. The molecule has 21 heavy (non-hydrogen) atoms. The number of fused-ring (bicyclic) bond motifs is 1. The van der Waals surface area contributed by atoms with Gasteiger partial charge in [-0.05, 0) is 38.4 Å². The lowest BCUT2D eigenvalue weighted by molar-refractivity contribution is 0.0552. The molecule has 2 aliphatic rings. The zero-order valence-electron chi connectivity index (χ0n) is 11.7. The number of rotatable bonds is 2. The van der Waals surface area contributed by atoms with E-state index in [0.717, 1.165) is 42.8 Å². The maximum absolute atomic E-state index is 13.3. The summed E-state index contributed by atoms with van der Waals surface area (Å²) >= 11 is 0. The Morgan fingerprint density at radius 2 is 1.71 bits per heavy atom.